The van der Waals surface area contributed by atoms with Crippen LogP contribution < -0.4 is 0 Å². The Morgan fingerprint density at radius 2 is 1.91 bits per heavy atom. The first-order valence-corrected chi connectivity index (χ1v) is 3.53. The van der Waals surface area contributed by atoms with Crippen molar-refractivity contribution < 1.29 is 4.79 Å². The van der Waals surface area contributed by atoms with Crippen molar-refractivity contribution in [1.82, 2.24) is 0 Å². The summed E-state index contributed by atoms with van der Waals surface area (Å²) in [5.74, 6) is 0.0776. The minimum atomic E-state index is 0.0776. The van der Waals surface area contributed by atoms with Crippen LogP contribution in [0.3, 0.4) is 0 Å². The number of allylic oxidation sites excluding steroid dienone is 1. The van der Waals surface area contributed by atoms with Gasteiger partial charge in [0.25, 0.3) is 0 Å². The summed E-state index contributed by atoms with van der Waals surface area (Å²) in [5, 5.41) is 0. The second-order valence-corrected chi connectivity index (χ2v) is 2.35. The Bertz CT molecular complexity index is 259. The molecule has 1 heteroatoms. The van der Waals surface area contributed by atoms with Crippen molar-refractivity contribution in [2.75, 3.05) is 0 Å². The van der Waals surface area contributed by atoms with Crippen molar-refractivity contribution in [3.63, 3.8) is 0 Å². The molecule has 0 amide bonds. The standard InChI is InChI=1S/C10H10O/c1-9(11)7-8-10-5-3-2-4-6-10/h2-8H,1H3/b8-7-. The summed E-state index contributed by atoms with van der Waals surface area (Å²) < 4.78 is 0. The highest BCUT2D eigenvalue weighted by molar-refractivity contribution is 5.91. The number of rotatable bonds is 2. The maximum Gasteiger partial charge on any atom is 0.152 e. The molecule has 56 valence electrons. The molecule has 0 atom stereocenters. The van der Waals surface area contributed by atoms with Gasteiger partial charge in [-0.05, 0) is 18.6 Å². The normalized spacial score (nSPS) is 10.3. The quantitative estimate of drug-likeness (QED) is 0.585. The van der Waals surface area contributed by atoms with Gasteiger partial charge in [0, 0.05) is 0 Å². The Hall–Kier alpha value is -1.37. The summed E-state index contributed by atoms with van der Waals surface area (Å²) in [6.45, 7) is 1.54. The molecule has 0 aliphatic heterocycles. The fraction of sp³-hybridized carbons (Fsp3) is 0.100. The van der Waals surface area contributed by atoms with Crippen LogP contribution in [0.2, 0.25) is 0 Å². The van der Waals surface area contributed by atoms with Crippen molar-refractivity contribution in [1.29, 1.82) is 0 Å². The predicted molar refractivity (Wildman–Crippen MR) is 46.2 cm³/mol. The van der Waals surface area contributed by atoms with Crippen LogP contribution >= 0.6 is 0 Å². The zero-order chi connectivity index (χ0) is 8.10. The maximum atomic E-state index is 10.5. The van der Waals surface area contributed by atoms with Crippen LogP contribution in [0.25, 0.3) is 6.08 Å². The van der Waals surface area contributed by atoms with E-state index in [1.807, 2.05) is 36.4 Å². The Kier molecular flexibility index (Phi) is 2.61. The summed E-state index contributed by atoms with van der Waals surface area (Å²) in [4.78, 5) is 10.5. The zero-order valence-corrected chi connectivity index (χ0v) is 6.45. The van der Waals surface area contributed by atoms with Gasteiger partial charge in [-0.25, -0.2) is 0 Å². The van der Waals surface area contributed by atoms with E-state index in [-0.39, 0.29) is 5.78 Å². The van der Waals surface area contributed by atoms with Crippen molar-refractivity contribution in [3.05, 3.63) is 42.0 Å². The molecule has 11 heavy (non-hydrogen) atoms. The molecule has 1 nitrogen and oxygen atoms in total. The van der Waals surface area contributed by atoms with Gasteiger partial charge in [-0.2, -0.15) is 0 Å². The lowest BCUT2D eigenvalue weighted by Gasteiger charge is -1.88. The third kappa shape index (κ3) is 2.80. The van der Waals surface area contributed by atoms with E-state index in [4.69, 9.17) is 0 Å². The lowest BCUT2D eigenvalue weighted by atomic mass is 10.2. The van der Waals surface area contributed by atoms with Crippen LogP contribution in [-0.4, -0.2) is 5.78 Å². The largest absolute Gasteiger partial charge is 0.295 e. The highest BCUT2D eigenvalue weighted by atomic mass is 16.1. The first-order chi connectivity index (χ1) is 5.29. The smallest absolute Gasteiger partial charge is 0.152 e. The number of hydrogen-bond acceptors (Lipinski definition) is 1. The minimum Gasteiger partial charge on any atom is -0.295 e. The molecule has 0 aromatic heterocycles. The van der Waals surface area contributed by atoms with Gasteiger partial charge in [0.2, 0.25) is 0 Å². The van der Waals surface area contributed by atoms with E-state index >= 15 is 0 Å². The molecule has 0 bridgehead atoms. The highest BCUT2D eigenvalue weighted by Gasteiger charge is 1.83. The predicted octanol–water partition coefficient (Wildman–Crippen LogP) is 2.29. The third-order valence-electron chi connectivity index (χ3n) is 1.31. The van der Waals surface area contributed by atoms with Gasteiger partial charge >= 0.3 is 0 Å². The van der Waals surface area contributed by atoms with Crippen LogP contribution in [0, 0.1) is 0 Å². The molecule has 0 N–H and O–H groups in total. The zero-order valence-electron chi connectivity index (χ0n) is 6.45. The summed E-state index contributed by atoms with van der Waals surface area (Å²) in [7, 11) is 0. The maximum absolute atomic E-state index is 10.5. The first-order valence-electron chi connectivity index (χ1n) is 3.53. The molecule has 1 rings (SSSR count). The van der Waals surface area contributed by atoms with Gasteiger partial charge in [0.15, 0.2) is 5.78 Å². The number of benzene rings is 1. The summed E-state index contributed by atoms with van der Waals surface area (Å²) in [6.07, 6.45) is 3.37. The Balaban J connectivity index is 2.72. The van der Waals surface area contributed by atoms with Crippen LogP contribution in [0.4, 0.5) is 0 Å². The molecule has 0 saturated heterocycles. The molecule has 1 aromatic rings. The van der Waals surface area contributed by atoms with Crippen LogP contribution in [0.15, 0.2) is 36.4 Å². The summed E-state index contributed by atoms with van der Waals surface area (Å²) >= 11 is 0. The SMILES string of the molecule is CC(=O)/C=C\c1ccccc1. The molecule has 0 radical (unpaired) electrons. The molecular weight excluding hydrogens is 136 g/mol. The fourth-order valence-corrected chi connectivity index (χ4v) is 0.778. The first kappa shape index (κ1) is 7.73. The van der Waals surface area contributed by atoms with Gasteiger partial charge < -0.3 is 0 Å². The van der Waals surface area contributed by atoms with Crippen molar-refractivity contribution in [2.24, 2.45) is 0 Å². The average Bonchev–Trinajstić information content (AvgIpc) is 2.03. The van der Waals surface area contributed by atoms with E-state index in [1.54, 1.807) is 13.0 Å². The van der Waals surface area contributed by atoms with Crippen molar-refractivity contribution in [2.45, 2.75) is 6.92 Å². The van der Waals surface area contributed by atoms with Gasteiger partial charge in [-0.15, -0.1) is 0 Å². The van der Waals surface area contributed by atoms with Gasteiger partial charge in [-0.1, -0.05) is 36.4 Å². The highest BCUT2D eigenvalue weighted by Crippen LogP contribution is 2.00. The van der Waals surface area contributed by atoms with E-state index in [0.717, 1.165) is 5.56 Å². The van der Waals surface area contributed by atoms with Crippen LogP contribution in [0.5, 0.6) is 0 Å². The van der Waals surface area contributed by atoms with Crippen molar-refractivity contribution in [3.8, 4) is 0 Å². The van der Waals surface area contributed by atoms with Crippen LogP contribution in [-0.2, 0) is 4.79 Å². The number of carbonyl (C=O) groups is 1. The number of carbonyl (C=O) groups excluding carboxylic acids is 1. The van der Waals surface area contributed by atoms with Crippen molar-refractivity contribution >= 4 is 11.9 Å². The molecule has 0 aliphatic rings. The third-order valence-corrected chi connectivity index (χ3v) is 1.31. The molecule has 0 saturated carbocycles. The molecule has 0 aliphatic carbocycles. The van der Waals surface area contributed by atoms with E-state index in [1.165, 1.54) is 0 Å². The number of ketones is 1. The summed E-state index contributed by atoms with van der Waals surface area (Å²) in [5.41, 5.74) is 1.06. The van der Waals surface area contributed by atoms with Crippen LogP contribution in [0.1, 0.15) is 12.5 Å². The molecular formula is C10H10O. The monoisotopic (exact) mass is 146 g/mol. The van der Waals surface area contributed by atoms with E-state index < -0.39 is 0 Å². The molecule has 0 heterocycles. The molecule has 0 unspecified atom stereocenters. The second-order valence-electron chi connectivity index (χ2n) is 2.35. The van der Waals surface area contributed by atoms with E-state index in [2.05, 4.69) is 0 Å². The Labute approximate surface area is 66.4 Å². The van der Waals surface area contributed by atoms with Gasteiger partial charge in [0.05, 0.1) is 0 Å². The summed E-state index contributed by atoms with van der Waals surface area (Å²) in [6, 6.07) is 9.75. The number of hydrogen-bond donors (Lipinski definition) is 0. The fourth-order valence-electron chi connectivity index (χ4n) is 0.778. The lowest BCUT2D eigenvalue weighted by molar-refractivity contribution is -0.112. The second kappa shape index (κ2) is 3.71. The topological polar surface area (TPSA) is 17.1 Å². The van der Waals surface area contributed by atoms with E-state index in [0.29, 0.717) is 0 Å². The van der Waals surface area contributed by atoms with Gasteiger partial charge in [0.1, 0.15) is 0 Å². The minimum absolute atomic E-state index is 0.0776. The van der Waals surface area contributed by atoms with E-state index in [9.17, 15) is 4.79 Å². The Morgan fingerprint density at radius 3 is 2.45 bits per heavy atom. The van der Waals surface area contributed by atoms with Gasteiger partial charge in [-0.3, -0.25) is 4.79 Å². The lowest BCUT2D eigenvalue weighted by Crippen LogP contribution is -1.79. The molecule has 0 spiro atoms. The Morgan fingerprint density at radius 1 is 1.27 bits per heavy atom. The molecule has 0 fully saturated rings. The molecule has 1 aromatic carbocycles. The average molecular weight is 146 g/mol.